The van der Waals surface area contributed by atoms with Gasteiger partial charge >= 0.3 is 0 Å². The van der Waals surface area contributed by atoms with E-state index in [2.05, 4.69) is 90.0 Å². The van der Waals surface area contributed by atoms with Crippen LogP contribution in [0.15, 0.2) is 47.3 Å². The summed E-state index contributed by atoms with van der Waals surface area (Å²) in [5, 5.41) is 4.32. The molecule has 0 aliphatic heterocycles. The summed E-state index contributed by atoms with van der Waals surface area (Å²) < 4.78 is 11.4. The number of aryl methyl sites for hydroxylation is 4. The highest BCUT2D eigenvalue weighted by Gasteiger charge is 2.31. The van der Waals surface area contributed by atoms with E-state index >= 15 is 0 Å². The fourth-order valence-corrected chi connectivity index (χ4v) is 7.96. The molecule has 0 fully saturated rings. The fourth-order valence-electron chi connectivity index (χ4n) is 4.99. The van der Waals surface area contributed by atoms with Crippen LogP contribution in [0.5, 0.6) is 11.5 Å². The van der Waals surface area contributed by atoms with Gasteiger partial charge in [-0.3, -0.25) is 0 Å². The van der Waals surface area contributed by atoms with Crippen LogP contribution in [0.1, 0.15) is 35.6 Å². The van der Waals surface area contributed by atoms with Gasteiger partial charge in [-0.2, -0.15) is 0 Å². The number of methoxy groups -OCH3 is 2. The Morgan fingerprint density at radius 2 is 1.22 bits per heavy atom. The fraction of sp³-hybridized carbons (Fsp3) is 0.429. The summed E-state index contributed by atoms with van der Waals surface area (Å²) in [5.74, 6) is 2.43. The minimum absolute atomic E-state index is 0.450. The summed E-state index contributed by atoms with van der Waals surface area (Å²) in [6, 6.07) is 9.35. The lowest BCUT2D eigenvalue weighted by Gasteiger charge is -2.30. The molecular weight excluding hydrogens is 413 g/mol. The Hall–Kier alpha value is -2.09. The Bertz CT molecular complexity index is 946. The number of rotatable bonds is 8. The normalized spacial score (nSPS) is 15.9. The van der Waals surface area contributed by atoms with E-state index in [1.165, 1.54) is 38.4 Å². The molecule has 0 saturated carbocycles. The Kier molecular flexibility index (Phi) is 7.85. The standard InChI is InChI=1S/C28H38NO2P/c1-10-22-11-12-26(25(22)17-29(6)7)32(23-13-18(2)27(30-8)19(3)14-23)24-15-20(4)28(31-9)21(5)16-24/h11-16,25H,10,17H2,1-9H3. The highest BCUT2D eigenvalue weighted by atomic mass is 31.1. The molecule has 0 bridgehead atoms. The van der Waals surface area contributed by atoms with Crippen LogP contribution in [0.3, 0.4) is 0 Å². The van der Waals surface area contributed by atoms with Crippen LogP contribution in [0.4, 0.5) is 0 Å². The van der Waals surface area contributed by atoms with E-state index in [-0.39, 0.29) is 0 Å². The molecule has 2 aromatic rings. The molecule has 32 heavy (non-hydrogen) atoms. The maximum atomic E-state index is 5.68. The predicted molar refractivity (Wildman–Crippen MR) is 140 cm³/mol. The molecule has 3 nitrogen and oxygen atoms in total. The molecule has 4 heteroatoms. The van der Waals surface area contributed by atoms with Gasteiger partial charge in [-0.15, -0.1) is 0 Å². The first-order valence-electron chi connectivity index (χ1n) is 11.4. The second kappa shape index (κ2) is 10.2. The van der Waals surface area contributed by atoms with Crippen molar-refractivity contribution in [3.05, 3.63) is 69.6 Å². The molecular formula is C28H38NO2P. The minimum atomic E-state index is -0.683. The van der Waals surface area contributed by atoms with E-state index in [1.807, 2.05) is 0 Å². The molecule has 0 amide bonds. The van der Waals surface area contributed by atoms with Crippen LogP contribution < -0.4 is 20.1 Å². The van der Waals surface area contributed by atoms with Crippen LogP contribution in [-0.4, -0.2) is 39.8 Å². The van der Waals surface area contributed by atoms with Gasteiger partial charge in [0.2, 0.25) is 0 Å². The first kappa shape index (κ1) is 24.6. The number of hydrogen-bond donors (Lipinski definition) is 0. The first-order chi connectivity index (χ1) is 15.2. The minimum Gasteiger partial charge on any atom is -0.496 e. The molecule has 3 rings (SSSR count). The average Bonchev–Trinajstić information content (AvgIpc) is 3.09. The van der Waals surface area contributed by atoms with Crippen molar-refractivity contribution in [2.75, 3.05) is 34.9 Å². The molecule has 172 valence electrons. The molecule has 0 aromatic heterocycles. The van der Waals surface area contributed by atoms with Crippen molar-refractivity contribution in [1.29, 1.82) is 0 Å². The van der Waals surface area contributed by atoms with E-state index in [1.54, 1.807) is 19.5 Å². The van der Waals surface area contributed by atoms with Crippen LogP contribution in [-0.2, 0) is 0 Å². The molecule has 1 aliphatic carbocycles. The Balaban J connectivity index is 2.22. The van der Waals surface area contributed by atoms with Crippen molar-refractivity contribution in [3.63, 3.8) is 0 Å². The van der Waals surface area contributed by atoms with E-state index in [4.69, 9.17) is 9.47 Å². The smallest absolute Gasteiger partial charge is 0.124 e. The summed E-state index contributed by atoms with van der Waals surface area (Å²) in [6.07, 6.45) is 5.86. The van der Waals surface area contributed by atoms with Crippen LogP contribution in [0.2, 0.25) is 0 Å². The zero-order valence-electron chi connectivity index (χ0n) is 21.2. The number of hydrogen-bond acceptors (Lipinski definition) is 3. The van der Waals surface area contributed by atoms with E-state index in [9.17, 15) is 0 Å². The summed E-state index contributed by atoms with van der Waals surface area (Å²) >= 11 is 0. The first-order valence-corrected chi connectivity index (χ1v) is 12.7. The molecule has 0 spiro atoms. The SMILES string of the molecule is CCC1=CC=C(P(c2cc(C)c(OC)c(C)c2)c2cc(C)c(OC)c(C)c2)C1CN(C)C. The third kappa shape index (κ3) is 4.80. The monoisotopic (exact) mass is 451 g/mol. The molecule has 1 atom stereocenters. The van der Waals surface area contributed by atoms with Crippen molar-refractivity contribution >= 4 is 18.5 Å². The van der Waals surface area contributed by atoms with Crippen molar-refractivity contribution < 1.29 is 9.47 Å². The third-order valence-electron chi connectivity index (χ3n) is 6.30. The van der Waals surface area contributed by atoms with Gasteiger partial charge in [-0.25, -0.2) is 0 Å². The lowest BCUT2D eigenvalue weighted by molar-refractivity contribution is 0.376. The van der Waals surface area contributed by atoms with E-state index in [0.717, 1.165) is 24.5 Å². The highest BCUT2D eigenvalue weighted by molar-refractivity contribution is 7.76. The quantitative estimate of drug-likeness (QED) is 0.475. The van der Waals surface area contributed by atoms with Crippen molar-refractivity contribution in [3.8, 4) is 11.5 Å². The van der Waals surface area contributed by atoms with Gasteiger partial charge in [0.25, 0.3) is 0 Å². The number of allylic oxidation sites excluding steroid dienone is 2. The van der Waals surface area contributed by atoms with Gasteiger partial charge in [0, 0.05) is 12.5 Å². The molecule has 2 aromatic carbocycles. The molecule has 0 radical (unpaired) electrons. The van der Waals surface area contributed by atoms with Gasteiger partial charge in [0.1, 0.15) is 11.5 Å². The molecule has 1 aliphatic rings. The second-order valence-electron chi connectivity index (χ2n) is 9.06. The number of benzene rings is 2. The molecule has 0 heterocycles. The summed E-state index contributed by atoms with van der Waals surface area (Å²) in [4.78, 5) is 2.32. The Morgan fingerprint density at radius 3 is 1.56 bits per heavy atom. The van der Waals surface area contributed by atoms with Crippen LogP contribution >= 0.6 is 7.92 Å². The third-order valence-corrected chi connectivity index (χ3v) is 8.83. The zero-order valence-corrected chi connectivity index (χ0v) is 22.1. The van der Waals surface area contributed by atoms with Gasteiger partial charge < -0.3 is 14.4 Å². The van der Waals surface area contributed by atoms with Crippen LogP contribution in [0, 0.1) is 33.6 Å². The maximum absolute atomic E-state index is 5.68. The van der Waals surface area contributed by atoms with Gasteiger partial charge in [0.05, 0.1) is 14.2 Å². The van der Waals surface area contributed by atoms with Crippen LogP contribution in [0.25, 0.3) is 0 Å². The summed E-state index contributed by atoms with van der Waals surface area (Å²) in [5.41, 5.74) is 6.32. The van der Waals surface area contributed by atoms with Crippen molar-refractivity contribution in [2.24, 2.45) is 5.92 Å². The van der Waals surface area contributed by atoms with E-state index < -0.39 is 7.92 Å². The van der Waals surface area contributed by atoms with Crippen molar-refractivity contribution in [2.45, 2.75) is 41.0 Å². The summed E-state index contributed by atoms with van der Waals surface area (Å²) in [7, 11) is 7.19. The Labute approximate surface area is 195 Å². The number of ether oxygens (including phenoxy) is 2. The second-order valence-corrected chi connectivity index (χ2v) is 11.3. The maximum Gasteiger partial charge on any atom is 0.124 e. The van der Waals surface area contributed by atoms with E-state index in [0.29, 0.717) is 5.92 Å². The van der Waals surface area contributed by atoms with Gasteiger partial charge in [-0.1, -0.05) is 24.6 Å². The topological polar surface area (TPSA) is 21.7 Å². The van der Waals surface area contributed by atoms with Gasteiger partial charge in [-0.05, 0) is 119 Å². The van der Waals surface area contributed by atoms with Gasteiger partial charge in [0.15, 0.2) is 0 Å². The zero-order chi connectivity index (χ0) is 23.6. The highest BCUT2D eigenvalue weighted by Crippen LogP contribution is 2.52. The predicted octanol–water partition coefficient (Wildman–Crippen LogP) is 5.78. The number of nitrogens with zero attached hydrogens (tertiary/aromatic N) is 1. The molecule has 1 unspecified atom stereocenters. The van der Waals surface area contributed by atoms with Crippen molar-refractivity contribution in [1.82, 2.24) is 4.90 Å². The largest absolute Gasteiger partial charge is 0.496 e. The lowest BCUT2D eigenvalue weighted by Crippen LogP contribution is -2.26. The lowest BCUT2D eigenvalue weighted by atomic mass is 10.00. The Morgan fingerprint density at radius 1 is 0.781 bits per heavy atom. The average molecular weight is 452 g/mol. The molecule has 0 N–H and O–H groups in total. The molecule has 0 saturated heterocycles. The summed E-state index contributed by atoms with van der Waals surface area (Å²) in [6.45, 7) is 11.9.